The normalized spacial score (nSPS) is 15.2. The molecule has 2 heterocycles. The molecule has 1 fully saturated rings. The van der Waals surface area contributed by atoms with Crippen LogP contribution in [0.25, 0.3) is 22.2 Å². The molecule has 0 atom stereocenters. The van der Waals surface area contributed by atoms with Gasteiger partial charge in [0.2, 0.25) is 5.91 Å². The maximum absolute atomic E-state index is 13.0. The minimum atomic E-state index is -0.440. The molecule has 8 heteroatoms. The fourth-order valence-corrected chi connectivity index (χ4v) is 3.86. The summed E-state index contributed by atoms with van der Waals surface area (Å²) >= 11 is 0. The first kappa shape index (κ1) is 18.3. The lowest BCUT2D eigenvalue weighted by Gasteiger charge is -2.22. The molecule has 1 amide bonds. The molecule has 0 bridgehead atoms. The Bertz CT molecular complexity index is 1190. The summed E-state index contributed by atoms with van der Waals surface area (Å²) in [6.07, 6.45) is 5.20. The molecule has 8 nitrogen and oxygen atoms in total. The number of anilines is 1. The van der Waals surface area contributed by atoms with Crippen LogP contribution < -0.4 is 16.6 Å². The summed E-state index contributed by atoms with van der Waals surface area (Å²) in [5, 5.41) is 2.83. The van der Waals surface area contributed by atoms with Crippen molar-refractivity contribution < 1.29 is 4.79 Å². The van der Waals surface area contributed by atoms with E-state index in [0.29, 0.717) is 23.1 Å². The Kier molecular flexibility index (Phi) is 4.70. The molecule has 3 aromatic rings. The highest BCUT2D eigenvalue weighted by molar-refractivity contribution is 5.95. The van der Waals surface area contributed by atoms with Crippen LogP contribution in [-0.2, 0) is 4.79 Å². The van der Waals surface area contributed by atoms with E-state index >= 15 is 0 Å². The van der Waals surface area contributed by atoms with Gasteiger partial charge >= 0.3 is 5.69 Å². The molecular formula is C20H23N5O3. The van der Waals surface area contributed by atoms with E-state index in [1.807, 2.05) is 6.92 Å². The zero-order chi connectivity index (χ0) is 19.8. The minimum Gasteiger partial charge on any atom is -0.326 e. The Morgan fingerprint density at radius 2 is 1.89 bits per heavy atom. The van der Waals surface area contributed by atoms with E-state index in [1.165, 1.54) is 4.57 Å². The van der Waals surface area contributed by atoms with Crippen LogP contribution in [0, 0.1) is 6.92 Å². The maximum atomic E-state index is 13.0. The maximum Gasteiger partial charge on any atom is 0.330 e. The molecule has 0 aliphatic heterocycles. The van der Waals surface area contributed by atoms with Crippen LogP contribution in [0.15, 0.2) is 21.7 Å². The van der Waals surface area contributed by atoms with Gasteiger partial charge in [0.25, 0.3) is 5.56 Å². The van der Waals surface area contributed by atoms with Gasteiger partial charge < -0.3 is 5.32 Å². The number of carbonyl (C=O) groups excluding carboxylic acids is 1. The van der Waals surface area contributed by atoms with Crippen molar-refractivity contribution in [1.82, 2.24) is 19.5 Å². The van der Waals surface area contributed by atoms with Crippen molar-refractivity contribution in [3.8, 4) is 0 Å². The molecule has 146 valence electrons. The molecule has 0 saturated heterocycles. The van der Waals surface area contributed by atoms with Gasteiger partial charge in [-0.3, -0.25) is 19.1 Å². The number of hydrogen-bond acceptors (Lipinski definition) is 5. The quantitative estimate of drug-likeness (QED) is 0.678. The van der Waals surface area contributed by atoms with Crippen LogP contribution in [0.4, 0.5) is 5.69 Å². The monoisotopic (exact) mass is 381 g/mol. The Morgan fingerprint density at radius 1 is 1.18 bits per heavy atom. The lowest BCUT2D eigenvalue weighted by Crippen LogP contribution is -2.39. The Hall–Kier alpha value is -3.03. The smallest absolute Gasteiger partial charge is 0.326 e. The van der Waals surface area contributed by atoms with Gasteiger partial charge in [0.1, 0.15) is 0 Å². The second-order valence-corrected chi connectivity index (χ2v) is 7.38. The number of aromatic nitrogens is 4. The second-order valence-electron chi connectivity index (χ2n) is 7.38. The molecule has 1 aliphatic rings. The molecule has 1 aliphatic carbocycles. The van der Waals surface area contributed by atoms with Gasteiger partial charge in [-0.1, -0.05) is 26.2 Å². The first-order valence-corrected chi connectivity index (χ1v) is 9.74. The third-order valence-electron chi connectivity index (χ3n) is 5.41. The molecule has 1 aromatic carbocycles. The summed E-state index contributed by atoms with van der Waals surface area (Å²) in [4.78, 5) is 49.0. The van der Waals surface area contributed by atoms with Gasteiger partial charge in [-0.25, -0.2) is 14.8 Å². The van der Waals surface area contributed by atoms with E-state index in [4.69, 9.17) is 0 Å². The van der Waals surface area contributed by atoms with Crippen molar-refractivity contribution in [2.24, 2.45) is 0 Å². The van der Waals surface area contributed by atoms with E-state index in [2.05, 4.69) is 20.3 Å². The standard InChI is InChI=1S/C20H23N5O3/c1-3-16(26)21-13-10-15-14(9-11(13)2)22-17-18(23-15)24-20(28)25(19(17)27)12-7-5-4-6-8-12/h9-10,12H,3-8H2,1-2H3,(H,21,26)(H,23,24,28). The van der Waals surface area contributed by atoms with Gasteiger partial charge in [-0.15, -0.1) is 0 Å². The van der Waals surface area contributed by atoms with E-state index in [1.54, 1.807) is 19.1 Å². The van der Waals surface area contributed by atoms with Crippen molar-refractivity contribution in [1.29, 1.82) is 0 Å². The molecule has 1 saturated carbocycles. The number of benzene rings is 1. The zero-order valence-electron chi connectivity index (χ0n) is 16.0. The average Bonchev–Trinajstić information content (AvgIpc) is 2.68. The number of aryl methyl sites for hydroxylation is 1. The number of carbonyl (C=O) groups is 1. The van der Waals surface area contributed by atoms with Crippen LogP contribution in [0.2, 0.25) is 0 Å². The molecular weight excluding hydrogens is 358 g/mol. The predicted molar refractivity (Wildman–Crippen MR) is 108 cm³/mol. The van der Waals surface area contributed by atoms with Crippen LogP contribution >= 0.6 is 0 Å². The highest BCUT2D eigenvalue weighted by atomic mass is 16.2. The van der Waals surface area contributed by atoms with Crippen molar-refractivity contribution in [2.75, 3.05) is 5.32 Å². The van der Waals surface area contributed by atoms with Crippen molar-refractivity contribution in [2.45, 2.75) is 58.4 Å². The zero-order valence-corrected chi connectivity index (χ0v) is 16.0. The Balaban J connectivity index is 1.88. The molecule has 0 unspecified atom stereocenters. The molecule has 28 heavy (non-hydrogen) atoms. The van der Waals surface area contributed by atoms with Crippen LogP contribution in [-0.4, -0.2) is 25.4 Å². The first-order valence-electron chi connectivity index (χ1n) is 9.74. The SMILES string of the molecule is CCC(=O)Nc1cc2nc3[nH]c(=O)n(C4CCCCC4)c(=O)c3nc2cc1C. The number of fused-ring (bicyclic) bond motifs is 2. The van der Waals surface area contributed by atoms with Crippen LogP contribution in [0.1, 0.15) is 57.1 Å². The molecule has 2 aromatic heterocycles. The van der Waals surface area contributed by atoms with E-state index < -0.39 is 5.69 Å². The fourth-order valence-electron chi connectivity index (χ4n) is 3.86. The number of nitrogens with zero attached hydrogens (tertiary/aromatic N) is 3. The van der Waals surface area contributed by atoms with Gasteiger partial charge in [-0.2, -0.15) is 0 Å². The minimum absolute atomic E-state index is 0.0831. The molecule has 0 radical (unpaired) electrons. The third kappa shape index (κ3) is 3.19. The van der Waals surface area contributed by atoms with E-state index in [-0.39, 0.29) is 28.7 Å². The number of H-pyrrole nitrogens is 1. The highest BCUT2D eigenvalue weighted by Crippen LogP contribution is 2.26. The number of aromatic amines is 1. The molecule has 0 spiro atoms. The summed E-state index contributed by atoms with van der Waals surface area (Å²) in [6, 6.07) is 3.43. The number of nitrogens with one attached hydrogen (secondary N) is 2. The van der Waals surface area contributed by atoms with Gasteiger partial charge in [-0.05, 0) is 37.5 Å². The van der Waals surface area contributed by atoms with Crippen molar-refractivity contribution in [3.05, 3.63) is 38.5 Å². The first-order chi connectivity index (χ1) is 13.5. The number of rotatable bonds is 3. The van der Waals surface area contributed by atoms with Crippen LogP contribution in [0.3, 0.4) is 0 Å². The summed E-state index contributed by atoms with van der Waals surface area (Å²) in [6.45, 7) is 3.64. The lowest BCUT2D eigenvalue weighted by atomic mass is 9.95. The van der Waals surface area contributed by atoms with Gasteiger partial charge in [0, 0.05) is 18.2 Å². The molecule has 4 rings (SSSR count). The van der Waals surface area contributed by atoms with Crippen molar-refractivity contribution >= 4 is 33.8 Å². The summed E-state index contributed by atoms with van der Waals surface area (Å²) < 4.78 is 1.31. The average molecular weight is 381 g/mol. The summed E-state index contributed by atoms with van der Waals surface area (Å²) in [5.74, 6) is -0.0972. The van der Waals surface area contributed by atoms with Gasteiger partial charge in [0.05, 0.1) is 11.0 Å². The fraction of sp³-hybridized carbons (Fsp3) is 0.450. The Morgan fingerprint density at radius 3 is 2.61 bits per heavy atom. The highest BCUT2D eigenvalue weighted by Gasteiger charge is 2.21. The third-order valence-corrected chi connectivity index (χ3v) is 5.41. The second kappa shape index (κ2) is 7.18. The number of hydrogen-bond donors (Lipinski definition) is 2. The topological polar surface area (TPSA) is 110 Å². The molecule has 2 N–H and O–H groups in total. The summed E-state index contributed by atoms with van der Waals surface area (Å²) in [5.41, 5.74) is 2.05. The van der Waals surface area contributed by atoms with Crippen molar-refractivity contribution in [3.63, 3.8) is 0 Å². The van der Waals surface area contributed by atoms with E-state index in [9.17, 15) is 14.4 Å². The van der Waals surface area contributed by atoms with E-state index in [0.717, 1.165) is 37.7 Å². The largest absolute Gasteiger partial charge is 0.330 e. The Labute approximate surface area is 161 Å². The van der Waals surface area contributed by atoms with Crippen LogP contribution in [0.5, 0.6) is 0 Å². The number of amides is 1. The summed E-state index contributed by atoms with van der Waals surface area (Å²) in [7, 11) is 0. The predicted octanol–water partition coefficient (Wildman–Crippen LogP) is 2.80. The lowest BCUT2D eigenvalue weighted by molar-refractivity contribution is -0.115. The van der Waals surface area contributed by atoms with Gasteiger partial charge in [0.15, 0.2) is 11.2 Å².